The van der Waals surface area contributed by atoms with Crippen molar-refractivity contribution >= 4 is 0 Å². The fourth-order valence-corrected chi connectivity index (χ4v) is 0.294. The molecule has 0 N–H and O–H groups in total. The van der Waals surface area contributed by atoms with Crippen LogP contribution in [-0.4, -0.2) is 0 Å². The molecule has 0 bridgehead atoms. The molecule has 0 aliphatic carbocycles. The molecule has 0 aliphatic heterocycles. The third kappa shape index (κ3) is 1.87. The predicted octanol–water partition coefficient (Wildman–Crippen LogP) is 2.73. The SMILES string of the molecule is C=C(C)/C(F)=C(\C)F. The van der Waals surface area contributed by atoms with Gasteiger partial charge in [-0.05, 0) is 19.4 Å². The van der Waals surface area contributed by atoms with E-state index in [9.17, 15) is 8.78 Å². The van der Waals surface area contributed by atoms with E-state index in [0.29, 0.717) is 0 Å². The van der Waals surface area contributed by atoms with Crippen molar-refractivity contribution in [3.05, 3.63) is 23.8 Å². The van der Waals surface area contributed by atoms with Gasteiger partial charge in [-0.3, -0.25) is 0 Å². The summed E-state index contributed by atoms with van der Waals surface area (Å²) >= 11 is 0. The Morgan fingerprint density at radius 1 is 1.25 bits per heavy atom. The zero-order chi connectivity index (χ0) is 6.73. The Hall–Kier alpha value is -0.660. The summed E-state index contributed by atoms with van der Waals surface area (Å²) in [5.41, 5.74) is 0.130. The quantitative estimate of drug-likeness (QED) is 0.464. The molecular formula is C6H8F2. The number of allylic oxidation sites excluding steroid dienone is 3. The summed E-state index contributed by atoms with van der Waals surface area (Å²) < 4.78 is 23.8. The first-order valence-electron chi connectivity index (χ1n) is 2.23. The molecule has 0 rings (SSSR count). The maximum Gasteiger partial charge on any atom is 0.156 e. The molecule has 0 aromatic heterocycles. The van der Waals surface area contributed by atoms with Crippen molar-refractivity contribution in [3.63, 3.8) is 0 Å². The van der Waals surface area contributed by atoms with Crippen LogP contribution < -0.4 is 0 Å². The molecule has 2 heteroatoms. The smallest absolute Gasteiger partial charge is 0.156 e. The summed E-state index contributed by atoms with van der Waals surface area (Å²) in [6.45, 7) is 5.68. The summed E-state index contributed by atoms with van der Waals surface area (Å²) in [7, 11) is 0. The molecule has 0 unspecified atom stereocenters. The van der Waals surface area contributed by atoms with Crippen LogP contribution in [0, 0.1) is 0 Å². The van der Waals surface area contributed by atoms with Crippen LogP contribution in [0.2, 0.25) is 0 Å². The molecule has 0 saturated carbocycles. The fraction of sp³-hybridized carbons (Fsp3) is 0.333. The Kier molecular flexibility index (Phi) is 2.38. The largest absolute Gasteiger partial charge is 0.209 e. The highest BCUT2D eigenvalue weighted by molar-refractivity contribution is 5.20. The van der Waals surface area contributed by atoms with E-state index >= 15 is 0 Å². The van der Waals surface area contributed by atoms with Crippen molar-refractivity contribution in [3.8, 4) is 0 Å². The highest BCUT2D eigenvalue weighted by Gasteiger charge is 1.98. The van der Waals surface area contributed by atoms with Crippen LogP contribution in [0.15, 0.2) is 23.8 Å². The van der Waals surface area contributed by atoms with Crippen molar-refractivity contribution in [1.82, 2.24) is 0 Å². The van der Waals surface area contributed by atoms with Gasteiger partial charge in [0.25, 0.3) is 0 Å². The van der Waals surface area contributed by atoms with Gasteiger partial charge in [-0.15, -0.1) is 0 Å². The van der Waals surface area contributed by atoms with Gasteiger partial charge < -0.3 is 0 Å². The van der Waals surface area contributed by atoms with Crippen molar-refractivity contribution in [2.24, 2.45) is 0 Å². The third-order valence-electron chi connectivity index (χ3n) is 0.677. The molecule has 0 heterocycles. The fourth-order valence-electron chi connectivity index (χ4n) is 0.294. The Balaban J connectivity index is 4.23. The normalized spacial score (nSPS) is 13.0. The van der Waals surface area contributed by atoms with E-state index in [1.807, 2.05) is 0 Å². The van der Waals surface area contributed by atoms with E-state index in [0.717, 1.165) is 6.92 Å². The molecule has 0 fully saturated rings. The second-order valence-corrected chi connectivity index (χ2v) is 1.63. The van der Waals surface area contributed by atoms with E-state index in [1.54, 1.807) is 0 Å². The minimum Gasteiger partial charge on any atom is -0.209 e. The minimum absolute atomic E-state index is 0.130. The van der Waals surface area contributed by atoms with Crippen molar-refractivity contribution in [2.75, 3.05) is 0 Å². The summed E-state index contributed by atoms with van der Waals surface area (Å²) in [6, 6.07) is 0. The molecule has 0 aliphatic rings. The zero-order valence-corrected chi connectivity index (χ0v) is 4.96. The van der Waals surface area contributed by atoms with Gasteiger partial charge in [-0.1, -0.05) is 6.58 Å². The monoisotopic (exact) mass is 118 g/mol. The molecule has 46 valence electrons. The van der Waals surface area contributed by atoms with Gasteiger partial charge >= 0.3 is 0 Å². The average Bonchev–Trinajstić information content (AvgIpc) is 1.64. The van der Waals surface area contributed by atoms with Crippen LogP contribution >= 0.6 is 0 Å². The van der Waals surface area contributed by atoms with E-state index in [4.69, 9.17) is 0 Å². The summed E-state index contributed by atoms with van der Waals surface area (Å²) in [5.74, 6) is -1.65. The molecule has 0 saturated heterocycles. The minimum atomic E-state index is -0.843. The number of hydrogen-bond acceptors (Lipinski definition) is 0. The van der Waals surface area contributed by atoms with Gasteiger partial charge in [-0.25, -0.2) is 8.78 Å². The average molecular weight is 118 g/mol. The first-order valence-corrected chi connectivity index (χ1v) is 2.23. The molecule has 8 heavy (non-hydrogen) atoms. The van der Waals surface area contributed by atoms with Crippen molar-refractivity contribution in [2.45, 2.75) is 13.8 Å². The molecule has 0 radical (unpaired) electrons. The summed E-state index contributed by atoms with van der Waals surface area (Å²) in [4.78, 5) is 0. The number of rotatable bonds is 1. The predicted molar refractivity (Wildman–Crippen MR) is 29.7 cm³/mol. The Morgan fingerprint density at radius 3 is 1.62 bits per heavy atom. The third-order valence-corrected chi connectivity index (χ3v) is 0.677. The maximum atomic E-state index is 12.1. The van der Waals surface area contributed by atoms with E-state index in [1.165, 1.54) is 6.92 Å². The van der Waals surface area contributed by atoms with Crippen LogP contribution in [0.4, 0.5) is 8.78 Å². The maximum absolute atomic E-state index is 12.1. The van der Waals surface area contributed by atoms with Gasteiger partial charge in [0.05, 0.1) is 0 Å². The van der Waals surface area contributed by atoms with Gasteiger partial charge in [0.15, 0.2) is 5.83 Å². The van der Waals surface area contributed by atoms with Gasteiger partial charge in [0.2, 0.25) is 0 Å². The lowest BCUT2D eigenvalue weighted by molar-refractivity contribution is 0.548. The van der Waals surface area contributed by atoms with Gasteiger partial charge in [0, 0.05) is 0 Å². The van der Waals surface area contributed by atoms with E-state index in [2.05, 4.69) is 6.58 Å². The van der Waals surface area contributed by atoms with Crippen LogP contribution in [0.1, 0.15) is 13.8 Å². The van der Waals surface area contributed by atoms with Crippen LogP contribution in [-0.2, 0) is 0 Å². The zero-order valence-electron chi connectivity index (χ0n) is 4.96. The number of halogens is 2. The first kappa shape index (κ1) is 7.34. The Labute approximate surface area is 47.5 Å². The van der Waals surface area contributed by atoms with Crippen LogP contribution in [0.5, 0.6) is 0 Å². The lowest BCUT2D eigenvalue weighted by Gasteiger charge is -1.90. The molecule has 0 spiro atoms. The highest BCUT2D eigenvalue weighted by Crippen LogP contribution is 2.13. The van der Waals surface area contributed by atoms with Crippen molar-refractivity contribution in [1.29, 1.82) is 0 Å². The van der Waals surface area contributed by atoms with E-state index < -0.39 is 11.7 Å². The standard InChI is InChI=1S/C6H8F2/c1-4(2)6(8)5(3)7/h1H2,2-3H3/b6-5-. The van der Waals surface area contributed by atoms with Crippen molar-refractivity contribution < 1.29 is 8.78 Å². The van der Waals surface area contributed by atoms with Gasteiger partial charge in [-0.2, -0.15) is 0 Å². The Bertz CT molecular complexity index is 129. The number of hydrogen-bond donors (Lipinski definition) is 0. The second kappa shape index (κ2) is 2.60. The highest BCUT2D eigenvalue weighted by atomic mass is 19.2. The summed E-state index contributed by atoms with van der Waals surface area (Å²) in [5, 5.41) is 0. The first-order chi connectivity index (χ1) is 3.55. The van der Waals surface area contributed by atoms with Gasteiger partial charge in [0.1, 0.15) is 5.83 Å². The molecule has 0 aromatic carbocycles. The second-order valence-electron chi connectivity index (χ2n) is 1.63. The molecule has 0 nitrogen and oxygen atoms in total. The molecule has 0 amide bonds. The summed E-state index contributed by atoms with van der Waals surface area (Å²) in [6.07, 6.45) is 0. The van der Waals surface area contributed by atoms with E-state index in [-0.39, 0.29) is 5.57 Å². The topological polar surface area (TPSA) is 0 Å². The van der Waals surface area contributed by atoms with Crippen LogP contribution in [0.25, 0.3) is 0 Å². The molecule has 0 aromatic rings. The molecular weight excluding hydrogens is 110 g/mol. The van der Waals surface area contributed by atoms with Crippen LogP contribution in [0.3, 0.4) is 0 Å². The lowest BCUT2D eigenvalue weighted by atomic mass is 10.3. The Morgan fingerprint density at radius 2 is 1.62 bits per heavy atom. The molecule has 0 atom stereocenters. The lowest BCUT2D eigenvalue weighted by Crippen LogP contribution is -1.75.